The minimum absolute atomic E-state index is 0.109. The number of sulfonamides is 1. The lowest BCUT2D eigenvalue weighted by Gasteiger charge is -2.32. The van der Waals surface area contributed by atoms with Crippen molar-refractivity contribution in [1.82, 2.24) is 14.6 Å². The van der Waals surface area contributed by atoms with Gasteiger partial charge in [0.15, 0.2) is 0 Å². The molecule has 2 heterocycles. The van der Waals surface area contributed by atoms with Gasteiger partial charge in [-0.3, -0.25) is 0 Å². The lowest BCUT2D eigenvalue weighted by Crippen LogP contribution is -2.48. The monoisotopic (exact) mass is 382 g/mol. The molecule has 0 spiro atoms. The number of thiazole rings is 1. The zero-order valence-corrected chi connectivity index (χ0v) is 15.9. The second-order valence-corrected chi connectivity index (χ2v) is 9.59. The van der Waals surface area contributed by atoms with Crippen LogP contribution in [0.25, 0.3) is 10.2 Å². The Hall–Kier alpha value is -1.71. The van der Waals surface area contributed by atoms with E-state index in [1.807, 2.05) is 18.2 Å². The summed E-state index contributed by atoms with van der Waals surface area (Å²) in [5, 5.41) is 2.44. The number of likely N-dealkylation sites (tertiary alicyclic amines) is 1. The number of rotatable bonds is 4. The standard InChI is InChI=1S/C16H22N4O3S2/c1-11(2)25(22,23)19-12-5-7-20(8-6-12)16(21)18-13-3-4-15-14(9-13)17-10-24-15/h3-4,9-12,19H,5-8H2,1-2H3,(H,18,21). The van der Waals surface area contributed by atoms with Crippen LogP contribution in [-0.4, -0.2) is 48.7 Å². The number of urea groups is 1. The summed E-state index contributed by atoms with van der Waals surface area (Å²) in [6.07, 6.45) is 1.23. The molecule has 1 aliphatic rings. The maximum Gasteiger partial charge on any atom is 0.321 e. The molecular formula is C16H22N4O3S2. The van der Waals surface area contributed by atoms with E-state index in [0.29, 0.717) is 31.6 Å². The Balaban J connectivity index is 1.54. The van der Waals surface area contributed by atoms with Gasteiger partial charge in [-0.15, -0.1) is 11.3 Å². The van der Waals surface area contributed by atoms with Crippen LogP contribution >= 0.6 is 11.3 Å². The molecular weight excluding hydrogens is 360 g/mol. The lowest BCUT2D eigenvalue weighted by molar-refractivity contribution is 0.193. The lowest BCUT2D eigenvalue weighted by atomic mass is 10.1. The maximum atomic E-state index is 12.4. The predicted molar refractivity (Wildman–Crippen MR) is 100 cm³/mol. The molecule has 25 heavy (non-hydrogen) atoms. The van der Waals surface area contributed by atoms with Crippen LogP contribution < -0.4 is 10.0 Å². The number of fused-ring (bicyclic) bond motifs is 1. The van der Waals surface area contributed by atoms with Gasteiger partial charge >= 0.3 is 6.03 Å². The summed E-state index contributed by atoms with van der Waals surface area (Å²) in [6.45, 7) is 4.36. The summed E-state index contributed by atoms with van der Waals surface area (Å²) in [4.78, 5) is 18.4. The number of nitrogens with zero attached hydrogens (tertiary/aromatic N) is 2. The minimum Gasteiger partial charge on any atom is -0.324 e. The topological polar surface area (TPSA) is 91.4 Å². The highest BCUT2D eigenvalue weighted by molar-refractivity contribution is 7.90. The Labute approximate surface area is 151 Å². The van der Waals surface area contributed by atoms with Gasteiger partial charge in [-0.25, -0.2) is 22.9 Å². The Bertz CT molecular complexity index is 855. The molecule has 9 heteroatoms. The fourth-order valence-electron chi connectivity index (χ4n) is 2.71. The number of anilines is 1. The zero-order chi connectivity index (χ0) is 18.0. The van der Waals surface area contributed by atoms with Crippen molar-refractivity contribution in [2.75, 3.05) is 18.4 Å². The van der Waals surface area contributed by atoms with E-state index in [2.05, 4.69) is 15.0 Å². The van der Waals surface area contributed by atoms with Gasteiger partial charge in [0.1, 0.15) is 0 Å². The fourth-order valence-corrected chi connectivity index (χ4v) is 4.34. The van der Waals surface area contributed by atoms with Crippen LogP contribution in [0.2, 0.25) is 0 Å². The van der Waals surface area contributed by atoms with E-state index in [0.717, 1.165) is 10.2 Å². The third kappa shape index (κ3) is 4.28. The first-order valence-corrected chi connectivity index (χ1v) is 10.7. The molecule has 0 radical (unpaired) electrons. The van der Waals surface area contributed by atoms with E-state index in [1.165, 1.54) is 0 Å². The van der Waals surface area contributed by atoms with E-state index >= 15 is 0 Å². The molecule has 1 aliphatic heterocycles. The number of nitrogens with one attached hydrogen (secondary N) is 2. The molecule has 3 rings (SSSR count). The number of carbonyl (C=O) groups is 1. The smallest absolute Gasteiger partial charge is 0.321 e. The molecule has 2 aromatic rings. The molecule has 136 valence electrons. The highest BCUT2D eigenvalue weighted by atomic mass is 32.2. The Morgan fingerprint density at radius 1 is 1.32 bits per heavy atom. The largest absolute Gasteiger partial charge is 0.324 e. The van der Waals surface area contributed by atoms with Crippen molar-refractivity contribution in [2.24, 2.45) is 0 Å². The highest BCUT2D eigenvalue weighted by Gasteiger charge is 2.27. The molecule has 2 N–H and O–H groups in total. The van der Waals surface area contributed by atoms with Crippen LogP contribution in [0.4, 0.5) is 10.5 Å². The van der Waals surface area contributed by atoms with E-state index in [4.69, 9.17) is 0 Å². The average molecular weight is 383 g/mol. The van der Waals surface area contributed by atoms with E-state index < -0.39 is 15.3 Å². The van der Waals surface area contributed by atoms with Crippen molar-refractivity contribution < 1.29 is 13.2 Å². The Kier molecular flexibility index (Phi) is 5.26. The second kappa shape index (κ2) is 7.27. The van der Waals surface area contributed by atoms with Crippen LogP contribution in [-0.2, 0) is 10.0 Å². The van der Waals surface area contributed by atoms with E-state index in [1.54, 1.807) is 35.6 Å². The predicted octanol–water partition coefficient (Wildman–Crippen LogP) is 2.62. The molecule has 0 aliphatic carbocycles. The minimum atomic E-state index is -3.27. The van der Waals surface area contributed by atoms with Gasteiger partial charge in [0.25, 0.3) is 0 Å². The van der Waals surface area contributed by atoms with Crippen molar-refractivity contribution >= 4 is 43.3 Å². The van der Waals surface area contributed by atoms with Crippen molar-refractivity contribution in [3.8, 4) is 0 Å². The summed E-state index contributed by atoms with van der Waals surface area (Å²) in [7, 11) is -3.27. The van der Waals surface area contributed by atoms with Gasteiger partial charge in [-0.2, -0.15) is 0 Å². The Morgan fingerprint density at radius 2 is 2.04 bits per heavy atom. The molecule has 1 fully saturated rings. The normalized spacial score (nSPS) is 16.5. The number of aromatic nitrogens is 1. The second-order valence-electron chi connectivity index (χ2n) is 6.44. The summed E-state index contributed by atoms with van der Waals surface area (Å²) < 4.78 is 27.7. The van der Waals surface area contributed by atoms with Crippen molar-refractivity contribution in [2.45, 2.75) is 38.0 Å². The van der Waals surface area contributed by atoms with Crippen molar-refractivity contribution in [3.05, 3.63) is 23.7 Å². The van der Waals surface area contributed by atoms with Gasteiger partial charge in [0.05, 0.1) is 21.0 Å². The summed E-state index contributed by atoms with van der Waals surface area (Å²) in [5.74, 6) is 0. The summed E-state index contributed by atoms with van der Waals surface area (Å²) in [5.41, 5.74) is 3.36. The molecule has 0 bridgehead atoms. The number of carbonyl (C=O) groups excluding carboxylic acids is 1. The van der Waals surface area contributed by atoms with E-state index in [9.17, 15) is 13.2 Å². The third-order valence-electron chi connectivity index (χ3n) is 4.32. The highest BCUT2D eigenvalue weighted by Crippen LogP contribution is 2.22. The number of benzene rings is 1. The van der Waals surface area contributed by atoms with Gasteiger partial charge in [0, 0.05) is 24.8 Å². The first-order chi connectivity index (χ1) is 11.8. The number of hydrogen-bond acceptors (Lipinski definition) is 5. The number of amides is 2. The maximum absolute atomic E-state index is 12.4. The van der Waals surface area contributed by atoms with Gasteiger partial charge in [0.2, 0.25) is 10.0 Å². The van der Waals surface area contributed by atoms with Crippen molar-refractivity contribution in [1.29, 1.82) is 0 Å². The number of piperidine rings is 1. The first-order valence-electron chi connectivity index (χ1n) is 8.25. The van der Waals surface area contributed by atoms with Gasteiger partial charge < -0.3 is 10.2 Å². The molecule has 0 saturated carbocycles. The van der Waals surface area contributed by atoms with Gasteiger partial charge in [-0.05, 0) is 44.9 Å². The molecule has 2 amide bonds. The van der Waals surface area contributed by atoms with Crippen LogP contribution in [0, 0.1) is 0 Å². The Morgan fingerprint density at radius 3 is 2.72 bits per heavy atom. The molecule has 0 unspecified atom stereocenters. The zero-order valence-electron chi connectivity index (χ0n) is 14.2. The molecule has 1 aromatic carbocycles. The van der Waals surface area contributed by atoms with Crippen LogP contribution in [0.5, 0.6) is 0 Å². The first kappa shape index (κ1) is 18.1. The third-order valence-corrected chi connectivity index (χ3v) is 7.03. The summed E-state index contributed by atoms with van der Waals surface area (Å²) in [6, 6.07) is 5.38. The van der Waals surface area contributed by atoms with Crippen molar-refractivity contribution in [3.63, 3.8) is 0 Å². The van der Waals surface area contributed by atoms with E-state index in [-0.39, 0.29) is 12.1 Å². The van der Waals surface area contributed by atoms with Crippen LogP contribution in [0.15, 0.2) is 23.7 Å². The SMILES string of the molecule is CC(C)S(=O)(=O)NC1CCN(C(=O)Nc2ccc3scnc3c2)CC1. The molecule has 1 aromatic heterocycles. The quantitative estimate of drug-likeness (QED) is 0.850. The van der Waals surface area contributed by atoms with Crippen LogP contribution in [0.3, 0.4) is 0 Å². The fraction of sp³-hybridized carbons (Fsp3) is 0.500. The van der Waals surface area contributed by atoms with Gasteiger partial charge in [-0.1, -0.05) is 0 Å². The number of hydrogen-bond donors (Lipinski definition) is 2. The molecule has 7 nitrogen and oxygen atoms in total. The average Bonchev–Trinajstić information content (AvgIpc) is 3.02. The molecule has 1 saturated heterocycles. The van der Waals surface area contributed by atoms with Crippen LogP contribution in [0.1, 0.15) is 26.7 Å². The molecule has 0 atom stereocenters. The summed E-state index contributed by atoms with van der Waals surface area (Å²) >= 11 is 1.56.